The largest absolute Gasteiger partial charge is 0.323 e. The predicted octanol–water partition coefficient (Wildman–Crippen LogP) is 5.95. The van der Waals surface area contributed by atoms with Crippen LogP contribution in [0.4, 0.5) is 0 Å². The van der Waals surface area contributed by atoms with Crippen LogP contribution in [0.25, 0.3) is 22.2 Å². The lowest BCUT2D eigenvalue weighted by atomic mass is 9.99. The smallest absolute Gasteiger partial charge is 0.252 e. The Kier molecular flexibility index (Phi) is 5.65. The summed E-state index contributed by atoms with van der Waals surface area (Å²) in [5, 5.41) is 8.88. The topological polar surface area (TPSA) is 58.7 Å². The number of nitrogens with zero attached hydrogens (tertiary/aromatic N) is 3. The first-order valence-corrected chi connectivity index (χ1v) is 10.3. The van der Waals surface area contributed by atoms with Crippen molar-refractivity contribution in [3.05, 3.63) is 89.2 Å². The molecule has 0 atom stereocenters. The fraction of sp³-hybridized carbons (Fsp3) is 0.160. The molecule has 0 aliphatic heterocycles. The van der Waals surface area contributed by atoms with E-state index >= 15 is 0 Å². The van der Waals surface area contributed by atoms with Crippen molar-refractivity contribution in [3.63, 3.8) is 0 Å². The lowest BCUT2D eigenvalue weighted by molar-refractivity contribution is 0.108. The van der Waals surface area contributed by atoms with E-state index in [2.05, 4.69) is 29.7 Å². The second-order valence-corrected chi connectivity index (χ2v) is 7.54. The Balaban J connectivity index is 1.71. The first-order valence-electron chi connectivity index (χ1n) is 9.88. The van der Waals surface area contributed by atoms with Crippen LogP contribution in [0.3, 0.4) is 0 Å². The van der Waals surface area contributed by atoms with Crippen LogP contribution in [0.5, 0.6) is 0 Å². The third kappa shape index (κ3) is 3.85. The summed E-state index contributed by atoms with van der Waals surface area (Å²) in [4.78, 5) is 16.4. The first kappa shape index (κ1) is 19.9. The maximum atomic E-state index is 11.6. The van der Waals surface area contributed by atoms with E-state index < -0.39 is 5.24 Å². The molecule has 4 nitrogen and oxygen atoms in total. The zero-order valence-electron chi connectivity index (χ0n) is 16.6. The molecule has 0 aliphatic rings. The minimum absolute atomic E-state index is 0.469. The Hall–Kier alpha value is -3.42. The van der Waals surface area contributed by atoms with Crippen LogP contribution in [-0.4, -0.2) is 14.8 Å². The molecular weight excluding hydrogens is 394 g/mol. The molecule has 3 aromatic carbocycles. The number of fused-ring (bicyclic) bond motifs is 1. The van der Waals surface area contributed by atoms with E-state index in [4.69, 9.17) is 16.6 Å². The Morgan fingerprint density at radius 3 is 2.57 bits per heavy atom. The molecule has 0 bridgehead atoms. The van der Waals surface area contributed by atoms with Gasteiger partial charge in [-0.25, -0.2) is 4.98 Å². The van der Waals surface area contributed by atoms with Crippen molar-refractivity contribution in [2.24, 2.45) is 0 Å². The summed E-state index contributed by atoms with van der Waals surface area (Å²) in [6.07, 6.45) is 1.83. The molecular formula is C25H20ClN3O. The number of aromatic nitrogens is 2. The number of carbonyl (C=O) groups excluding carboxylic acids is 1. The average Bonchev–Trinajstić information content (AvgIpc) is 3.11. The fourth-order valence-corrected chi connectivity index (χ4v) is 3.81. The predicted molar refractivity (Wildman–Crippen MR) is 120 cm³/mol. The summed E-state index contributed by atoms with van der Waals surface area (Å²) in [7, 11) is 0. The fourth-order valence-electron chi connectivity index (χ4n) is 3.69. The van der Waals surface area contributed by atoms with Crippen LogP contribution in [-0.2, 0) is 13.0 Å². The molecule has 4 rings (SSSR count). The van der Waals surface area contributed by atoms with Gasteiger partial charge in [0.2, 0.25) is 0 Å². The Morgan fingerprint density at radius 1 is 1.10 bits per heavy atom. The normalized spacial score (nSPS) is 10.8. The molecule has 0 aliphatic carbocycles. The van der Waals surface area contributed by atoms with Gasteiger partial charge in [0.1, 0.15) is 5.82 Å². The van der Waals surface area contributed by atoms with Crippen molar-refractivity contribution in [1.29, 1.82) is 5.26 Å². The molecule has 0 saturated heterocycles. The van der Waals surface area contributed by atoms with Gasteiger partial charge in [-0.05, 0) is 59.0 Å². The molecule has 148 valence electrons. The maximum Gasteiger partial charge on any atom is 0.252 e. The Morgan fingerprint density at radius 2 is 1.87 bits per heavy atom. The Labute approximate surface area is 180 Å². The molecule has 0 N–H and O–H groups in total. The molecule has 5 heteroatoms. The van der Waals surface area contributed by atoms with Crippen molar-refractivity contribution in [3.8, 4) is 17.2 Å². The van der Waals surface area contributed by atoms with Crippen molar-refractivity contribution < 1.29 is 4.79 Å². The quantitative estimate of drug-likeness (QED) is 0.367. The number of hydrogen-bond acceptors (Lipinski definition) is 3. The number of halogens is 1. The molecule has 0 amide bonds. The van der Waals surface area contributed by atoms with Gasteiger partial charge in [-0.3, -0.25) is 4.79 Å². The van der Waals surface area contributed by atoms with E-state index in [0.29, 0.717) is 17.7 Å². The zero-order chi connectivity index (χ0) is 21.1. The van der Waals surface area contributed by atoms with Crippen LogP contribution in [0, 0.1) is 11.3 Å². The summed E-state index contributed by atoms with van der Waals surface area (Å²) < 4.78 is 2.15. The van der Waals surface area contributed by atoms with E-state index in [0.717, 1.165) is 46.4 Å². The van der Waals surface area contributed by atoms with Crippen LogP contribution >= 0.6 is 11.6 Å². The standard InChI is InChI=1S/C25H20ClN3O/c1-2-5-24-28-22-13-12-19(25(26)30)14-23(22)29(24)16-17-8-10-18(11-9-17)21-7-4-3-6-20(21)15-27/h3-4,6-14H,2,5,16H2,1H3. The summed E-state index contributed by atoms with van der Waals surface area (Å²) in [6, 6.07) is 23.4. The number of aryl methyl sites for hydroxylation is 1. The highest BCUT2D eigenvalue weighted by Gasteiger charge is 2.13. The van der Waals surface area contributed by atoms with Gasteiger partial charge in [0, 0.05) is 18.5 Å². The SMILES string of the molecule is CCCc1nc2ccc(C(=O)Cl)cc2n1Cc1ccc(-c2ccccc2C#N)cc1. The lowest BCUT2D eigenvalue weighted by Gasteiger charge is -2.11. The van der Waals surface area contributed by atoms with Crippen LogP contribution in [0.1, 0.15) is 40.7 Å². The molecule has 0 unspecified atom stereocenters. The number of rotatable bonds is 6. The zero-order valence-corrected chi connectivity index (χ0v) is 17.4. The Bertz CT molecular complexity index is 1270. The van der Waals surface area contributed by atoms with Crippen molar-refractivity contribution in [2.75, 3.05) is 0 Å². The first-order chi connectivity index (χ1) is 14.6. The molecule has 30 heavy (non-hydrogen) atoms. The van der Waals surface area contributed by atoms with E-state index in [1.165, 1.54) is 0 Å². The minimum Gasteiger partial charge on any atom is -0.323 e. The molecule has 0 radical (unpaired) electrons. The summed E-state index contributed by atoms with van der Waals surface area (Å²) in [5.74, 6) is 0.991. The van der Waals surface area contributed by atoms with Gasteiger partial charge < -0.3 is 4.57 Å². The molecule has 0 fully saturated rings. The van der Waals surface area contributed by atoms with Crippen molar-refractivity contribution >= 4 is 27.9 Å². The monoisotopic (exact) mass is 413 g/mol. The summed E-state index contributed by atoms with van der Waals surface area (Å²) in [5.41, 5.74) is 5.95. The van der Waals surface area contributed by atoms with Crippen LogP contribution in [0.2, 0.25) is 0 Å². The molecule has 4 aromatic rings. The number of hydrogen-bond donors (Lipinski definition) is 0. The van der Waals surface area contributed by atoms with Gasteiger partial charge in [0.05, 0.1) is 22.7 Å². The second kappa shape index (κ2) is 8.52. The summed E-state index contributed by atoms with van der Waals surface area (Å²) >= 11 is 5.69. The third-order valence-corrected chi connectivity index (χ3v) is 5.40. The highest BCUT2D eigenvalue weighted by Crippen LogP contribution is 2.25. The van der Waals surface area contributed by atoms with Gasteiger partial charge in [0.25, 0.3) is 5.24 Å². The van der Waals surface area contributed by atoms with E-state index in [9.17, 15) is 10.1 Å². The highest BCUT2D eigenvalue weighted by atomic mass is 35.5. The number of benzene rings is 3. The van der Waals surface area contributed by atoms with Gasteiger partial charge in [-0.2, -0.15) is 5.26 Å². The van der Waals surface area contributed by atoms with Crippen molar-refractivity contribution in [1.82, 2.24) is 9.55 Å². The third-order valence-electron chi connectivity index (χ3n) is 5.18. The van der Waals surface area contributed by atoms with Gasteiger partial charge in [-0.15, -0.1) is 0 Å². The van der Waals surface area contributed by atoms with Gasteiger partial charge in [-0.1, -0.05) is 49.4 Å². The highest BCUT2D eigenvalue weighted by molar-refractivity contribution is 6.67. The number of imidazole rings is 1. The number of carbonyl (C=O) groups is 1. The molecule has 1 heterocycles. The maximum absolute atomic E-state index is 11.6. The number of nitriles is 1. The van der Waals surface area contributed by atoms with E-state index in [-0.39, 0.29) is 0 Å². The second-order valence-electron chi connectivity index (χ2n) is 7.20. The average molecular weight is 414 g/mol. The van der Waals surface area contributed by atoms with Gasteiger partial charge in [0.15, 0.2) is 0 Å². The molecule has 1 aromatic heterocycles. The minimum atomic E-state index is -0.470. The van der Waals surface area contributed by atoms with Gasteiger partial charge >= 0.3 is 0 Å². The lowest BCUT2D eigenvalue weighted by Crippen LogP contribution is -2.05. The van der Waals surface area contributed by atoms with Crippen LogP contribution < -0.4 is 0 Å². The van der Waals surface area contributed by atoms with Crippen LogP contribution in [0.15, 0.2) is 66.7 Å². The van der Waals surface area contributed by atoms with E-state index in [1.54, 1.807) is 6.07 Å². The van der Waals surface area contributed by atoms with Crippen molar-refractivity contribution in [2.45, 2.75) is 26.3 Å². The molecule has 0 spiro atoms. The summed E-state index contributed by atoms with van der Waals surface area (Å²) in [6.45, 7) is 2.77. The molecule has 0 saturated carbocycles. The van der Waals surface area contributed by atoms with E-state index in [1.807, 2.05) is 48.5 Å².